The zero-order chi connectivity index (χ0) is 13.3. The first-order chi connectivity index (χ1) is 8.54. The van der Waals surface area contributed by atoms with Crippen LogP contribution in [0.1, 0.15) is 37.2 Å². The van der Waals surface area contributed by atoms with E-state index >= 15 is 0 Å². The number of thiophene rings is 1. The topological polar surface area (TPSA) is 55.9 Å². The van der Waals surface area contributed by atoms with Crippen molar-refractivity contribution in [1.82, 2.24) is 15.2 Å². The smallest absolute Gasteiger partial charge is 0.0898 e. The molecule has 0 saturated carbocycles. The first-order valence-corrected chi connectivity index (χ1v) is 8.22. The van der Waals surface area contributed by atoms with Crippen LogP contribution in [-0.2, 0) is 0 Å². The molecule has 4 nitrogen and oxygen atoms in total. The van der Waals surface area contributed by atoms with Gasteiger partial charge in [0, 0.05) is 6.04 Å². The highest BCUT2D eigenvalue weighted by molar-refractivity contribution is 14.1. The number of nitrogens with two attached hydrogens (primary N) is 1. The monoisotopic (exact) mass is 440 g/mol. The lowest BCUT2D eigenvalue weighted by Crippen LogP contribution is -2.31. The van der Waals surface area contributed by atoms with Crippen molar-refractivity contribution in [2.24, 2.45) is 5.84 Å². The summed E-state index contributed by atoms with van der Waals surface area (Å²) < 4.78 is 4.20. The largest absolute Gasteiger partial charge is 0.271 e. The van der Waals surface area contributed by atoms with E-state index in [9.17, 15) is 0 Å². The third kappa shape index (κ3) is 2.79. The average molecular weight is 441 g/mol. The molecular weight excluding hydrogens is 427 g/mol. The van der Waals surface area contributed by atoms with Gasteiger partial charge in [-0.15, -0.1) is 11.3 Å². The Morgan fingerprint density at radius 1 is 1.56 bits per heavy atom. The van der Waals surface area contributed by atoms with Gasteiger partial charge >= 0.3 is 0 Å². The minimum absolute atomic E-state index is 0.0518. The molecule has 0 aliphatic carbocycles. The van der Waals surface area contributed by atoms with Crippen molar-refractivity contribution < 1.29 is 0 Å². The third-order valence-corrected chi connectivity index (χ3v) is 5.06. The van der Waals surface area contributed by atoms with Gasteiger partial charge in [-0.2, -0.15) is 5.10 Å². The Kier molecular flexibility index (Phi) is 4.81. The van der Waals surface area contributed by atoms with Gasteiger partial charge in [0.15, 0.2) is 0 Å². The zero-order valence-electron chi connectivity index (χ0n) is 10.0. The molecule has 0 fully saturated rings. The number of hydrogen-bond donors (Lipinski definition) is 2. The quantitative estimate of drug-likeness (QED) is 0.435. The van der Waals surface area contributed by atoms with E-state index in [1.54, 1.807) is 11.3 Å². The van der Waals surface area contributed by atoms with E-state index in [0.717, 1.165) is 15.7 Å². The van der Waals surface area contributed by atoms with Crippen LogP contribution in [0, 0.1) is 2.88 Å². The average Bonchev–Trinajstić information content (AvgIpc) is 2.88. The molecule has 98 valence electrons. The summed E-state index contributed by atoms with van der Waals surface area (Å²) in [4.78, 5) is 0. The summed E-state index contributed by atoms with van der Waals surface area (Å²) in [5.74, 6) is 5.73. The highest BCUT2D eigenvalue weighted by Gasteiger charge is 2.22. The Bertz CT molecular complexity index is 537. The van der Waals surface area contributed by atoms with Crippen molar-refractivity contribution in [3.05, 3.63) is 36.3 Å². The van der Waals surface area contributed by atoms with Crippen molar-refractivity contribution >= 4 is 49.9 Å². The number of rotatable bonds is 4. The summed E-state index contributed by atoms with van der Waals surface area (Å²) in [5.41, 5.74) is 5.10. The van der Waals surface area contributed by atoms with E-state index in [2.05, 4.69) is 74.3 Å². The molecule has 1 atom stereocenters. The number of aromatic nitrogens is 2. The zero-order valence-corrected chi connectivity index (χ0v) is 14.6. The fourth-order valence-corrected chi connectivity index (χ4v) is 3.74. The molecule has 2 heterocycles. The first kappa shape index (κ1) is 14.4. The fourth-order valence-electron chi connectivity index (χ4n) is 1.84. The number of hydrazine groups is 1. The van der Waals surface area contributed by atoms with Gasteiger partial charge in [-0.05, 0) is 69.4 Å². The first-order valence-electron chi connectivity index (χ1n) is 5.47. The van der Waals surface area contributed by atoms with Crippen molar-refractivity contribution in [1.29, 1.82) is 0 Å². The maximum atomic E-state index is 5.73. The van der Waals surface area contributed by atoms with Crippen molar-refractivity contribution in [3.8, 4) is 0 Å². The summed E-state index contributed by atoms with van der Waals surface area (Å²) in [7, 11) is 0. The third-order valence-electron chi connectivity index (χ3n) is 2.64. The van der Waals surface area contributed by atoms with E-state index in [1.807, 2.05) is 10.9 Å². The molecule has 0 saturated heterocycles. The van der Waals surface area contributed by atoms with Crippen LogP contribution >= 0.6 is 49.9 Å². The Morgan fingerprint density at radius 2 is 2.28 bits per heavy atom. The van der Waals surface area contributed by atoms with Gasteiger partial charge in [-0.3, -0.25) is 10.5 Å². The van der Waals surface area contributed by atoms with E-state index in [-0.39, 0.29) is 6.04 Å². The van der Waals surface area contributed by atoms with Gasteiger partial charge < -0.3 is 0 Å². The lowest BCUT2D eigenvalue weighted by atomic mass is 10.1. The maximum absolute atomic E-state index is 5.73. The molecule has 0 aliphatic rings. The van der Waals surface area contributed by atoms with Crippen LogP contribution in [0.2, 0.25) is 0 Å². The van der Waals surface area contributed by atoms with E-state index in [4.69, 9.17) is 5.84 Å². The van der Waals surface area contributed by atoms with E-state index < -0.39 is 0 Å². The normalized spacial score (nSPS) is 13.2. The second kappa shape index (κ2) is 6.00. The van der Waals surface area contributed by atoms with Gasteiger partial charge in [-0.25, -0.2) is 5.43 Å². The van der Waals surface area contributed by atoms with Crippen LogP contribution in [0.4, 0.5) is 0 Å². The van der Waals surface area contributed by atoms with Crippen LogP contribution in [0.25, 0.3) is 0 Å². The summed E-state index contributed by atoms with van der Waals surface area (Å²) >= 11 is 7.58. The molecule has 0 aliphatic heterocycles. The van der Waals surface area contributed by atoms with Gasteiger partial charge in [0.25, 0.3) is 0 Å². The standard InChI is InChI=1S/C11H14BrIN4S/c1-6(2)17-11(8(12)4-15-17)10(16-14)7-3-9(13)18-5-7/h3-6,10,16H,14H2,1-2H3. The Labute approximate surface area is 132 Å². The molecule has 2 rings (SSSR count). The molecule has 7 heteroatoms. The van der Waals surface area contributed by atoms with Gasteiger partial charge in [-0.1, -0.05) is 0 Å². The van der Waals surface area contributed by atoms with Crippen LogP contribution in [-0.4, -0.2) is 9.78 Å². The lowest BCUT2D eigenvalue weighted by molar-refractivity contribution is 0.475. The summed E-state index contributed by atoms with van der Waals surface area (Å²) in [6, 6.07) is 2.38. The highest BCUT2D eigenvalue weighted by atomic mass is 127. The minimum Gasteiger partial charge on any atom is -0.271 e. The summed E-state index contributed by atoms with van der Waals surface area (Å²) in [5, 5.41) is 6.51. The van der Waals surface area contributed by atoms with Crippen molar-refractivity contribution in [3.63, 3.8) is 0 Å². The summed E-state index contributed by atoms with van der Waals surface area (Å²) in [6.45, 7) is 4.21. The van der Waals surface area contributed by atoms with E-state index in [0.29, 0.717) is 6.04 Å². The molecule has 0 amide bonds. The molecule has 0 bridgehead atoms. The number of halogens is 2. The second-order valence-electron chi connectivity index (χ2n) is 4.20. The van der Waals surface area contributed by atoms with Crippen molar-refractivity contribution in [2.45, 2.75) is 25.9 Å². The molecule has 3 N–H and O–H groups in total. The van der Waals surface area contributed by atoms with Crippen LogP contribution in [0.3, 0.4) is 0 Å². The molecule has 2 aromatic rings. The van der Waals surface area contributed by atoms with Gasteiger partial charge in [0.2, 0.25) is 0 Å². The maximum Gasteiger partial charge on any atom is 0.0898 e. The van der Waals surface area contributed by atoms with Crippen LogP contribution in [0.5, 0.6) is 0 Å². The SMILES string of the molecule is CC(C)n1ncc(Br)c1C(NN)c1csc(I)c1. The predicted octanol–water partition coefficient (Wildman–Crippen LogP) is 3.45. The molecule has 1 unspecified atom stereocenters. The molecule has 18 heavy (non-hydrogen) atoms. The fraction of sp³-hybridized carbons (Fsp3) is 0.364. The minimum atomic E-state index is -0.0518. The van der Waals surface area contributed by atoms with Gasteiger partial charge in [0.05, 0.1) is 25.3 Å². The number of nitrogens with zero attached hydrogens (tertiary/aromatic N) is 2. The highest BCUT2D eigenvalue weighted by Crippen LogP contribution is 2.32. The number of hydrogen-bond acceptors (Lipinski definition) is 4. The van der Waals surface area contributed by atoms with Crippen molar-refractivity contribution in [2.75, 3.05) is 0 Å². The van der Waals surface area contributed by atoms with E-state index in [1.165, 1.54) is 2.88 Å². The Balaban J connectivity index is 2.47. The van der Waals surface area contributed by atoms with Gasteiger partial charge in [0.1, 0.15) is 0 Å². The second-order valence-corrected chi connectivity index (χ2v) is 7.86. The van der Waals surface area contributed by atoms with Crippen LogP contribution < -0.4 is 11.3 Å². The van der Waals surface area contributed by atoms with Crippen LogP contribution in [0.15, 0.2) is 22.1 Å². The summed E-state index contributed by atoms with van der Waals surface area (Å²) in [6.07, 6.45) is 1.82. The Morgan fingerprint density at radius 3 is 2.78 bits per heavy atom. The lowest BCUT2D eigenvalue weighted by Gasteiger charge is -2.19. The molecule has 0 radical (unpaired) electrons. The molecule has 0 aromatic carbocycles. The molecular formula is C11H14BrIN4S. The number of nitrogens with one attached hydrogen (secondary N) is 1. The molecule has 2 aromatic heterocycles. The Hall–Kier alpha value is 0.0400. The molecule has 0 spiro atoms. The predicted molar refractivity (Wildman–Crippen MR) is 86.5 cm³/mol.